The molecular formula is C22H19F6NO3. The van der Waals surface area contributed by atoms with E-state index in [1.165, 1.54) is 6.08 Å². The van der Waals surface area contributed by atoms with Crippen LogP contribution in [0.4, 0.5) is 26.3 Å². The summed E-state index contributed by atoms with van der Waals surface area (Å²) >= 11 is 0. The van der Waals surface area contributed by atoms with Crippen molar-refractivity contribution in [3.05, 3.63) is 70.8 Å². The Morgan fingerprint density at radius 1 is 1.00 bits per heavy atom. The summed E-state index contributed by atoms with van der Waals surface area (Å²) in [6, 6.07) is 9.92. The van der Waals surface area contributed by atoms with Gasteiger partial charge in [-0.1, -0.05) is 30.3 Å². The highest BCUT2D eigenvalue weighted by molar-refractivity contribution is 5.35. The zero-order chi connectivity index (χ0) is 23.4. The quantitative estimate of drug-likeness (QED) is 0.325. The molecule has 3 rings (SSSR count). The monoisotopic (exact) mass is 459 g/mol. The Balaban J connectivity index is 1.78. The number of nitrogens with zero attached hydrogens (tertiary/aromatic N) is 1. The fraction of sp³-hybridized carbons (Fsp3) is 0.409. The van der Waals surface area contributed by atoms with Gasteiger partial charge in [0, 0.05) is 0 Å². The van der Waals surface area contributed by atoms with Crippen molar-refractivity contribution in [2.24, 2.45) is 4.99 Å². The predicted octanol–water partition coefficient (Wildman–Crippen LogP) is 5.52. The van der Waals surface area contributed by atoms with Gasteiger partial charge in [0.1, 0.15) is 0 Å². The summed E-state index contributed by atoms with van der Waals surface area (Å²) < 4.78 is 89.6. The Morgan fingerprint density at radius 2 is 1.62 bits per heavy atom. The number of carbonyl (C=O) groups excluding carboxylic acids is 1. The molecule has 1 saturated heterocycles. The summed E-state index contributed by atoms with van der Waals surface area (Å²) in [5.41, 5.74) is -2.14. The van der Waals surface area contributed by atoms with Gasteiger partial charge < -0.3 is 9.47 Å². The molecule has 0 bridgehead atoms. The number of hydrogen-bond donors (Lipinski definition) is 0. The number of aliphatic imine (C=N–C) groups is 1. The summed E-state index contributed by atoms with van der Waals surface area (Å²) in [7, 11) is 0. The van der Waals surface area contributed by atoms with Crippen LogP contribution in [0.5, 0.6) is 0 Å². The minimum absolute atomic E-state index is 0.0854. The highest BCUT2D eigenvalue weighted by Crippen LogP contribution is 2.37. The van der Waals surface area contributed by atoms with E-state index in [0.29, 0.717) is 18.6 Å². The van der Waals surface area contributed by atoms with Crippen molar-refractivity contribution < 1.29 is 40.6 Å². The lowest BCUT2D eigenvalue weighted by Gasteiger charge is -2.35. The van der Waals surface area contributed by atoms with Gasteiger partial charge in [-0.15, -0.1) is 0 Å². The summed E-state index contributed by atoms with van der Waals surface area (Å²) in [5.74, 6) is -0.473. The number of benzene rings is 2. The van der Waals surface area contributed by atoms with Gasteiger partial charge in [-0.05, 0) is 42.2 Å². The van der Waals surface area contributed by atoms with Crippen LogP contribution in [0, 0.1) is 0 Å². The van der Waals surface area contributed by atoms with Crippen molar-refractivity contribution in [3.63, 3.8) is 0 Å². The van der Waals surface area contributed by atoms with Crippen LogP contribution in [0.25, 0.3) is 0 Å². The normalized spacial score (nSPS) is 21.8. The van der Waals surface area contributed by atoms with Gasteiger partial charge in [0.2, 0.25) is 6.08 Å². The number of rotatable bonds is 6. The summed E-state index contributed by atoms with van der Waals surface area (Å²) in [4.78, 5) is 14.6. The molecule has 0 spiro atoms. The highest BCUT2D eigenvalue weighted by Gasteiger charge is 2.38. The first kappa shape index (κ1) is 24.0. The maximum absolute atomic E-state index is 13.0. The SMILES string of the molecule is O=C=N[C@@H]1CCO[C@@H](OCCc2cc(C(F)(F)F)cc(C(F)(F)F)c2)[C@@H]1c1ccccc1. The van der Waals surface area contributed by atoms with E-state index < -0.39 is 41.7 Å². The Bertz CT molecular complexity index is 922. The Kier molecular flexibility index (Phi) is 7.38. The first-order valence-electron chi connectivity index (χ1n) is 9.73. The maximum atomic E-state index is 13.0. The number of ether oxygens (including phenoxy) is 2. The van der Waals surface area contributed by atoms with Crippen LogP contribution in [-0.4, -0.2) is 31.6 Å². The molecule has 0 aromatic heterocycles. The Morgan fingerprint density at radius 3 is 2.19 bits per heavy atom. The fourth-order valence-corrected chi connectivity index (χ4v) is 3.65. The van der Waals surface area contributed by atoms with Gasteiger partial charge in [-0.2, -0.15) is 26.3 Å². The van der Waals surface area contributed by atoms with Crippen molar-refractivity contribution in [3.8, 4) is 0 Å². The van der Waals surface area contributed by atoms with Crippen molar-refractivity contribution in [1.82, 2.24) is 0 Å². The molecule has 1 heterocycles. The lowest BCUT2D eigenvalue weighted by atomic mass is 9.87. The second-order valence-corrected chi connectivity index (χ2v) is 7.29. The molecule has 0 amide bonds. The molecule has 0 N–H and O–H groups in total. The number of halogens is 6. The number of isocyanates is 1. The lowest BCUT2D eigenvalue weighted by molar-refractivity contribution is -0.177. The summed E-state index contributed by atoms with van der Waals surface area (Å²) in [5, 5.41) is 0. The van der Waals surface area contributed by atoms with E-state index in [1.807, 2.05) is 0 Å². The van der Waals surface area contributed by atoms with Gasteiger partial charge in [0.05, 0.1) is 36.3 Å². The lowest BCUT2D eigenvalue weighted by Crippen LogP contribution is -2.39. The third-order valence-corrected chi connectivity index (χ3v) is 5.13. The molecule has 0 saturated carbocycles. The molecule has 32 heavy (non-hydrogen) atoms. The molecule has 0 radical (unpaired) electrons. The highest BCUT2D eigenvalue weighted by atomic mass is 19.4. The standard InChI is InChI=1S/C22H19F6NO3/c23-21(24,25)16-10-14(11-17(12-16)22(26,27)28)6-8-31-20-19(15-4-2-1-3-5-15)18(29-13-30)7-9-32-20/h1-5,10-12,18-20H,6-9H2/t18-,19-,20-/m1/s1. The van der Waals surface area contributed by atoms with Gasteiger partial charge >= 0.3 is 12.4 Å². The second kappa shape index (κ2) is 9.85. The zero-order valence-electron chi connectivity index (χ0n) is 16.6. The maximum Gasteiger partial charge on any atom is 0.416 e. The van der Waals surface area contributed by atoms with Gasteiger partial charge in [-0.3, -0.25) is 0 Å². The van der Waals surface area contributed by atoms with Crippen LogP contribution in [-0.2, 0) is 33.0 Å². The minimum Gasteiger partial charge on any atom is -0.352 e. The average Bonchev–Trinajstić information content (AvgIpc) is 2.73. The molecule has 0 aliphatic carbocycles. The molecule has 2 aromatic rings. The Hall–Kier alpha value is -2.68. The summed E-state index contributed by atoms with van der Waals surface area (Å²) in [6.07, 6.45) is -8.93. The smallest absolute Gasteiger partial charge is 0.352 e. The minimum atomic E-state index is -4.91. The van der Waals surface area contributed by atoms with Crippen molar-refractivity contribution in [2.75, 3.05) is 13.2 Å². The van der Waals surface area contributed by atoms with Gasteiger partial charge in [0.15, 0.2) is 6.29 Å². The van der Waals surface area contributed by atoms with Crippen LogP contribution in [0.2, 0.25) is 0 Å². The first-order chi connectivity index (χ1) is 15.1. The van der Waals surface area contributed by atoms with Crippen LogP contribution in [0.3, 0.4) is 0 Å². The van der Waals surface area contributed by atoms with Gasteiger partial charge in [-0.25, -0.2) is 9.79 Å². The van der Waals surface area contributed by atoms with Crippen LogP contribution < -0.4 is 0 Å². The fourth-order valence-electron chi connectivity index (χ4n) is 3.65. The molecule has 1 fully saturated rings. The van der Waals surface area contributed by atoms with Crippen molar-refractivity contribution in [2.45, 2.75) is 43.4 Å². The van der Waals surface area contributed by atoms with E-state index >= 15 is 0 Å². The Labute approximate surface area is 179 Å². The van der Waals surface area contributed by atoms with E-state index in [0.717, 1.165) is 5.56 Å². The number of hydrogen-bond acceptors (Lipinski definition) is 4. The van der Waals surface area contributed by atoms with E-state index in [9.17, 15) is 31.1 Å². The molecule has 10 heteroatoms. The van der Waals surface area contributed by atoms with E-state index in [1.54, 1.807) is 30.3 Å². The molecule has 1 aliphatic rings. The van der Waals surface area contributed by atoms with E-state index in [2.05, 4.69) is 4.99 Å². The molecule has 4 nitrogen and oxygen atoms in total. The second-order valence-electron chi connectivity index (χ2n) is 7.29. The largest absolute Gasteiger partial charge is 0.416 e. The predicted molar refractivity (Wildman–Crippen MR) is 102 cm³/mol. The van der Waals surface area contributed by atoms with Crippen molar-refractivity contribution in [1.29, 1.82) is 0 Å². The van der Waals surface area contributed by atoms with Crippen molar-refractivity contribution >= 4 is 6.08 Å². The molecule has 3 atom stereocenters. The third-order valence-electron chi connectivity index (χ3n) is 5.13. The van der Waals surface area contributed by atoms with Crippen LogP contribution >= 0.6 is 0 Å². The molecular weight excluding hydrogens is 440 g/mol. The van der Waals surface area contributed by atoms with Crippen LogP contribution in [0.1, 0.15) is 34.6 Å². The summed E-state index contributed by atoms with van der Waals surface area (Å²) in [6.45, 7) is 0.0375. The average molecular weight is 459 g/mol. The first-order valence-corrected chi connectivity index (χ1v) is 9.73. The molecule has 0 unspecified atom stereocenters. The molecule has 2 aromatic carbocycles. The third kappa shape index (κ3) is 5.97. The van der Waals surface area contributed by atoms with E-state index in [-0.39, 0.29) is 31.3 Å². The number of alkyl halides is 6. The van der Waals surface area contributed by atoms with Gasteiger partial charge in [0.25, 0.3) is 0 Å². The van der Waals surface area contributed by atoms with E-state index in [4.69, 9.17) is 9.47 Å². The molecule has 172 valence electrons. The molecule has 1 aliphatic heterocycles. The topological polar surface area (TPSA) is 47.9 Å². The van der Waals surface area contributed by atoms with Crippen LogP contribution in [0.15, 0.2) is 53.5 Å². The zero-order valence-corrected chi connectivity index (χ0v) is 16.6.